The number of epoxide rings is 1. The molecule has 4 bridgehead atoms. The van der Waals surface area contributed by atoms with Crippen LogP contribution in [0, 0.1) is 17.7 Å². The molecule has 32 heteroatoms. The molecule has 7 amide bonds. The maximum absolute atomic E-state index is 16.2. The number of anilines is 2. The van der Waals surface area contributed by atoms with Crippen LogP contribution in [0.4, 0.5) is 20.6 Å². The van der Waals surface area contributed by atoms with Crippen LogP contribution in [-0.4, -0.2) is 207 Å². The Bertz CT molecular complexity index is 3170. The number of thiocarbonyl (C=S) groups is 1. The number of amides is 7. The lowest BCUT2D eigenvalue weighted by Gasteiger charge is -2.42. The molecule has 3 saturated heterocycles. The Balaban J connectivity index is 1.09. The molecular weight excluding hydrogens is 1280 g/mol. The SMILES string of the molecule is COc1cc2cc(c1Cl)N(C)C(=O)C[C@H](OC(=O)[C@H](C)N(C)C(=O)c1ccc(NC(=O)[C@H](CCCNC(N)O)NC(=O)[C@@H](NC(=S)NCCOCCOCCC(=O)ON3C(=O)CCC3=O)C(C)C)cc1F)[C@]1(C)O[C@H]1[C@H](C)[C@@H]1C[C@@](O)(NC(=O)O1)[C@H](OC)/C=C/C=C(\C)C2. The fraction of sp³-hybridized carbons (Fsp3) is 0.581. The van der Waals surface area contributed by atoms with Gasteiger partial charge in [-0.1, -0.05) is 56.2 Å². The lowest BCUT2D eigenvalue weighted by Crippen LogP contribution is -2.63. The highest BCUT2D eigenvalue weighted by atomic mass is 35.5. The van der Waals surface area contributed by atoms with Crippen molar-refractivity contribution in [1.82, 2.24) is 36.5 Å². The number of hydroxylamine groups is 2. The van der Waals surface area contributed by atoms with E-state index >= 15 is 4.39 Å². The predicted octanol–water partition coefficient (Wildman–Crippen LogP) is 2.51. The summed E-state index contributed by atoms with van der Waals surface area (Å²) in [5.74, 6) is -7.80. The highest BCUT2D eigenvalue weighted by Gasteiger charge is 2.64. The van der Waals surface area contributed by atoms with Crippen molar-refractivity contribution < 1.29 is 95.7 Å². The number of fused-ring (bicyclic) bond motifs is 5. The first kappa shape index (κ1) is 75.6. The zero-order valence-electron chi connectivity index (χ0n) is 54.2. The lowest BCUT2D eigenvalue weighted by atomic mass is 9.83. The standard InChI is InChI=1S/C62H86ClFN10O19S/c1-33(2)52(70-59(94)67-22-24-89-26-25-88-23-20-50(78)93-74-47(75)18-19-48(74)76)55(80)69-41(14-12-21-66-58(65)83)54(79)68-38-16-17-39(40(64)30-38)56(81)72(7)36(5)57(82)91-46-31-49(77)73(8)42-28-37(29-43(86-9)51(42)63)27-34(3)13-11-15-45(87-10)62(85)32-44(90-60(84)71-62)35(4)53-61(46,6)92-53/h11,13,15-17,28-30,33,35-36,41,44-46,52-53,58,66,83,85H,12,14,18-27,31-32,65H2,1-10H3,(H,68,79)(H,69,80)(H,71,84)(H2,67,70,94)/b15-11+,34-13+/t35-,36+,41+,44+,45-,46+,52+,53+,58?,61+,62+/m1/s1. The number of aliphatic hydroxyl groups is 2. The molecule has 2 aromatic carbocycles. The van der Waals surface area contributed by atoms with E-state index in [4.69, 9.17) is 67.5 Å². The average molecular weight is 1360 g/mol. The van der Waals surface area contributed by atoms with E-state index in [2.05, 4.69) is 31.9 Å². The van der Waals surface area contributed by atoms with Crippen molar-refractivity contribution in [3.63, 3.8) is 0 Å². The minimum Gasteiger partial charge on any atom is -0.495 e. The van der Waals surface area contributed by atoms with Gasteiger partial charge < -0.3 is 79.3 Å². The van der Waals surface area contributed by atoms with Crippen LogP contribution >= 0.6 is 23.8 Å². The van der Waals surface area contributed by atoms with Crippen LogP contribution in [0.2, 0.25) is 5.02 Å². The van der Waals surface area contributed by atoms with Gasteiger partial charge in [0.05, 0.1) is 63.7 Å². The van der Waals surface area contributed by atoms with Gasteiger partial charge in [0.15, 0.2) is 17.2 Å². The second-order valence-corrected chi connectivity index (χ2v) is 24.5. The normalized spacial score (nSPS) is 24.4. The number of carbonyl (C=O) groups excluding carboxylic acids is 9. The van der Waals surface area contributed by atoms with Crippen LogP contribution < -0.4 is 47.3 Å². The van der Waals surface area contributed by atoms with Gasteiger partial charge in [0, 0.05) is 58.6 Å². The zero-order chi connectivity index (χ0) is 69.4. The molecule has 11 atom stereocenters. The number of methoxy groups -OCH3 is 2. The van der Waals surface area contributed by atoms with Gasteiger partial charge in [-0.3, -0.25) is 45.1 Å². The van der Waals surface area contributed by atoms with Gasteiger partial charge >= 0.3 is 18.0 Å². The van der Waals surface area contributed by atoms with Gasteiger partial charge in [0.1, 0.15) is 58.6 Å². The van der Waals surface area contributed by atoms with Crippen molar-refractivity contribution >= 4 is 93.8 Å². The summed E-state index contributed by atoms with van der Waals surface area (Å²) >= 11 is 12.3. The zero-order valence-corrected chi connectivity index (χ0v) is 55.8. The van der Waals surface area contributed by atoms with Crippen LogP contribution in [0.25, 0.3) is 0 Å². The number of hydrogen-bond donors (Lipinski definition) is 9. The van der Waals surface area contributed by atoms with Crippen LogP contribution in [0.1, 0.15) is 102 Å². The molecule has 4 heterocycles. The van der Waals surface area contributed by atoms with Gasteiger partial charge in [-0.2, -0.15) is 0 Å². The molecule has 1 unspecified atom stereocenters. The largest absolute Gasteiger partial charge is 0.495 e. The van der Waals surface area contributed by atoms with Crippen molar-refractivity contribution in [3.05, 3.63) is 76.1 Å². The van der Waals surface area contributed by atoms with Crippen molar-refractivity contribution in [1.29, 1.82) is 0 Å². The Morgan fingerprint density at radius 2 is 1.67 bits per heavy atom. The third kappa shape index (κ3) is 20.3. The number of likely N-dealkylation sites (N-methyl/N-ethyl adjacent to an activating group) is 1. The Labute approximate surface area is 554 Å². The van der Waals surface area contributed by atoms with Gasteiger partial charge in [-0.05, 0) is 101 Å². The molecule has 2 aromatic rings. The van der Waals surface area contributed by atoms with Crippen molar-refractivity contribution in [2.24, 2.45) is 17.6 Å². The molecule has 4 aliphatic heterocycles. The molecule has 0 saturated carbocycles. The molecule has 3 fully saturated rings. The predicted molar refractivity (Wildman–Crippen MR) is 340 cm³/mol. The van der Waals surface area contributed by atoms with E-state index in [0.29, 0.717) is 17.0 Å². The summed E-state index contributed by atoms with van der Waals surface area (Å²) in [5, 5.41) is 38.5. The summed E-state index contributed by atoms with van der Waals surface area (Å²) in [5.41, 5.74) is 3.30. The number of imide groups is 1. The summed E-state index contributed by atoms with van der Waals surface area (Å²) in [7, 11) is 5.55. The van der Waals surface area contributed by atoms with Gasteiger partial charge in [0.2, 0.25) is 17.7 Å². The molecule has 94 heavy (non-hydrogen) atoms. The van der Waals surface area contributed by atoms with Crippen LogP contribution in [-0.2, 0) is 73.2 Å². The van der Waals surface area contributed by atoms with E-state index in [-0.39, 0.29) is 111 Å². The summed E-state index contributed by atoms with van der Waals surface area (Å²) in [6.45, 7) is 10.8. The number of carbonyl (C=O) groups is 9. The molecule has 0 spiro atoms. The number of alkyl carbamates (subject to hydrolysis) is 1. The Kier molecular flexibility index (Phi) is 27.6. The van der Waals surface area contributed by atoms with Gasteiger partial charge in [0.25, 0.3) is 17.7 Å². The fourth-order valence-electron chi connectivity index (χ4n) is 10.7. The number of allylic oxidation sites excluding steroid dienone is 3. The molecule has 0 aromatic heterocycles. The molecule has 4 aliphatic rings. The van der Waals surface area contributed by atoms with Crippen LogP contribution in [0.15, 0.2) is 54.1 Å². The lowest BCUT2D eigenvalue weighted by molar-refractivity contribution is -0.198. The Morgan fingerprint density at radius 3 is 2.32 bits per heavy atom. The fourth-order valence-corrected chi connectivity index (χ4v) is 11.2. The summed E-state index contributed by atoms with van der Waals surface area (Å²) < 4.78 is 56.5. The molecule has 0 aliphatic carbocycles. The van der Waals surface area contributed by atoms with Crippen molar-refractivity contribution in [2.45, 2.75) is 153 Å². The van der Waals surface area contributed by atoms with Crippen LogP contribution in [0.3, 0.4) is 0 Å². The maximum Gasteiger partial charge on any atom is 0.409 e. The molecule has 518 valence electrons. The first-order valence-electron chi connectivity index (χ1n) is 30.6. The number of rotatable bonds is 27. The number of nitrogens with zero attached hydrogens (tertiary/aromatic N) is 3. The van der Waals surface area contributed by atoms with E-state index < -0.39 is 137 Å². The summed E-state index contributed by atoms with van der Waals surface area (Å²) in [4.78, 5) is 126. The number of ether oxygens (including phenoxy) is 7. The van der Waals surface area contributed by atoms with Gasteiger partial charge in [-0.25, -0.2) is 18.8 Å². The van der Waals surface area contributed by atoms with E-state index in [0.717, 1.165) is 22.6 Å². The molecule has 29 nitrogen and oxygen atoms in total. The third-order valence-corrected chi connectivity index (χ3v) is 17.0. The average Bonchev–Trinajstić information content (AvgIpc) is 1.57. The summed E-state index contributed by atoms with van der Waals surface area (Å²) in [6, 6.07) is 3.05. The minimum absolute atomic E-state index is 0.00549. The molecule has 6 rings (SSSR count). The van der Waals surface area contributed by atoms with Crippen molar-refractivity contribution in [3.8, 4) is 5.75 Å². The highest BCUT2D eigenvalue weighted by molar-refractivity contribution is 7.80. The molecule has 0 radical (unpaired) electrons. The second kappa shape index (κ2) is 34.3. The quantitative estimate of drug-likeness (QED) is 0.0155. The number of nitrogens with two attached hydrogens (primary N) is 1. The van der Waals surface area contributed by atoms with Gasteiger partial charge in [-0.15, -0.1) is 5.06 Å². The second-order valence-electron chi connectivity index (χ2n) is 23.7. The number of aliphatic hydroxyl groups excluding tert-OH is 1. The third-order valence-electron chi connectivity index (χ3n) is 16.4. The van der Waals surface area contributed by atoms with E-state index in [9.17, 15) is 53.4 Å². The number of esters is 1. The first-order chi connectivity index (χ1) is 44.4. The van der Waals surface area contributed by atoms with Crippen molar-refractivity contribution in [2.75, 3.05) is 78.0 Å². The Morgan fingerprint density at radius 1 is 0.979 bits per heavy atom. The minimum atomic E-state index is -1.95. The van der Waals surface area contributed by atoms with E-state index in [1.165, 1.54) is 46.2 Å². The monoisotopic (exact) mass is 1360 g/mol. The highest BCUT2D eigenvalue weighted by Crippen LogP contribution is 2.49. The number of benzene rings is 2. The van der Waals surface area contributed by atoms with Crippen LogP contribution in [0.5, 0.6) is 5.75 Å². The number of hydrogen-bond acceptors (Lipinski definition) is 22. The number of nitrogens with one attached hydrogen (secondary N) is 6. The Hall–Kier alpha value is -7.46. The smallest absolute Gasteiger partial charge is 0.409 e. The molecule has 10 N–H and O–H groups in total. The van der Waals surface area contributed by atoms with E-state index in [1.54, 1.807) is 58.1 Å². The topological polar surface area (TPSA) is 379 Å². The number of halogens is 2. The first-order valence-corrected chi connectivity index (χ1v) is 31.4. The van der Waals surface area contributed by atoms with E-state index in [1.807, 2.05) is 6.92 Å². The molecular formula is C62H86ClFN10O19S. The maximum atomic E-state index is 16.2. The summed E-state index contributed by atoms with van der Waals surface area (Å²) in [6.07, 6.45) is -1.74.